The number of hydrogen-bond donors (Lipinski definition) is 0. The third kappa shape index (κ3) is 3.58. The molecule has 2 aromatic heterocycles. The molecular formula is C17H14Br2Cl2N4O. The molecule has 2 heterocycles. The lowest BCUT2D eigenvalue weighted by Crippen LogP contribution is -1.94. The maximum Gasteiger partial charge on any atom is 0.220 e. The average Bonchev–Trinajstić information content (AvgIpc) is 3.15. The van der Waals surface area contributed by atoms with Crippen LogP contribution in [-0.4, -0.2) is 26.7 Å². The van der Waals surface area contributed by atoms with Crippen molar-refractivity contribution in [2.24, 2.45) is 14.1 Å². The molecule has 0 spiro atoms. The first-order valence-corrected chi connectivity index (χ1v) is 9.79. The second-order valence-corrected chi connectivity index (χ2v) is 7.95. The zero-order valence-corrected chi connectivity index (χ0v) is 18.8. The van der Waals surface area contributed by atoms with Crippen molar-refractivity contribution in [3.63, 3.8) is 0 Å². The number of rotatable bonds is 1. The topological polar surface area (TPSA) is 44.9 Å². The van der Waals surface area contributed by atoms with E-state index in [-0.39, 0.29) is 0 Å². The fourth-order valence-corrected chi connectivity index (χ4v) is 3.71. The van der Waals surface area contributed by atoms with Crippen molar-refractivity contribution in [2.45, 2.75) is 0 Å². The van der Waals surface area contributed by atoms with Crippen molar-refractivity contribution in [1.29, 1.82) is 0 Å². The summed E-state index contributed by atoms with van der Waals surface area (Å²) >= 11 is 18.9. The van der Waals surface area contributed by atoms with Crippen molar-refractivity contribution >= 4 is 76.9 Å². The quantitative estimate of drug-likeness (QED) is 0.310. The molecule has 0 saturated heterocycles. The molecule has 0 aliphatic heterocycles. The average molecular weight is 521 g/mol. The summed E-state index contributed by atoms with van der Waals surface area (Å²) in [6.45, 7) is 0. The molecule has 5 nitrogen and oxygen atoms in total. The number of benzene rings is 2. The minimum Gasteiger partial charge on any atom is -0.481 e. The van der Waals surface area contributed by atoms with E-state index in [0.717, 1.165) is 35.8 Å². The van der Waals surface area contributed by atoms with Gasteiger partial charge in [-0.2, -0.15) is 10.2 Å². The molecule has 0 saturated carbocycles. The predicted molar refractivity (Wildman–Crippen MR) is 113 cm³/mol. The fourth-order valence-electron chi connectivity index (χ4n) is 2.58. The van der Waals surface area contributed by atoms with E-state index in [9.17, 15) is 0 Å². The number of halogens is 4. The molecule has 136 valence electrons. The predicted octanol–water partition coefficient (Wildman–Crippen LogP) is 5.99. The summed E-state index contributed by atoms with van der Waals surface area (Å²) in [5, 5.41) is 11.7. The number of aryl methyl sites for hydroxylation is 2. The molecule has 0 bridgehead atoms. The summed E-state index contributed by atoms with van der Waals surface area (Å²) in [6.07, 6.45) is 1.91. The molecule has 0 aliphatic rings. The van der Waals surface area contributed by atoms with Crippen molar-refractivity contribution in [3.8, 4) is 5.88 Å². The molecule has 0 aliphatic carbocycles. The normalized spacial score (nSPS) is 10.9. The maximum atomic E-state index is 6.14. The Morgan fingerprint density at radius 3 is 2.19 bits per heavy atom. The van der Waals surface area contributed by atoms with Crippen LogP contribution >= 0.6 is 55.1 Å². The van der Waals surface area contributed by atoms with Crippen LogP contribution in [0.1, 0.15) is 0 Å². The molecule has 4 rings (SSSR count). The Morgan fingerprint density at radius 1 is 0.923 bits per heavy atom. The van der Waals surface area contributed by atoms with Crippen LogP contribution in [0.2, 0.25) is 10.0 Å². The van der Waals surface area contributed by atoms with Crippen LogP contribution in [0, 0.1) is 0 Å². The highest BCUT2D eigenvalue weighted by molar-refractivity contribution is 9.10. The number of fused-ring (bicyclic) bond motifs is 2. The van der Waals surface area contributed by atoms with Crippen LogP contribution in [0.25, 0.3) is 21.8 Å². The minimum atomic E-state index is 0.632. The van der Waals surface area contributed by atoms with Gasteiger partial charge in [-0.1, -0.05) is 23.2 Å². The maximum absolute atomic E-state index is 6.14. The number of hydrogen-bond acceptors (Lipinski definition) is 3. The van der Waals surface area contributed by atoms with Gasteiger partial charge in [0.05, 0.1) is 33.6 Å². The van der Waals surface area contributed by atoms with Gasteiger partial charge in [0.1, 0.15) is 0 Å². The smallest absolute Gasteiger partial charge is 0.220 e. The van der Waals surface area contributed by atoms with Gasteiger partial charge in [-0.3, -0.25) is 4.68 Å². The van der Waals surface area contributed by atoms with Gasteiger partial charge in [0.25, 0.3) is 0 Å². The second kappa shape index (κ2) is 7.76. The van der Waals surface area contributed by atoms with Gasteiger partial charge < -0.3 is 4.74 Å². The Hall–Kier alpha value is -1.28. The monoisotopic (exact) mass is 518 g/mol. The van der Waals surface area contributed by atoms with Gasteiger partial charge >= 0.3 is 0 Å². The first-order valence-electron chi connectivity index (χ1n) is 7.45. The lowest BCUT2D eigenvalue weighted by Gasteiger charge is -2.01. The van der Waals surface area contributed by atoms with Crippen molar-refractivity contribution in [3.05, 3.63) is 49.5 Å². The highest BCUT2D eigenvalue weighted by Gasteiger charge is 2.14. The zero-order chi connectivity index (χ0) is 19.0. The molecule has 2 aromatic carbocycles. The molecule has 0 radical (unpaired) electrons. The summed E-state index contributed by atoms with van der Waals surface area (Å²) in [7, 11) is 5.31. The molecule has 0 unspecified atom stereocenters. The summed E-state index contributed by atoms with van der Waals surface area (Å²) in [4.78, 5) is 0. The van der Waals surface area contributed by atoms with E-state index in [4.69, 9.17) is 27.9 Å². The minimum absolute atomic E-state index is 0.632. The van der Waals surface area contributed by atoms with Crippen LogP contribution in [0.4, 0.5) is 0 Å². The first-order chi connectivity index (χ1) is 12.3. The van der Waals surface area contributed by atoms with Crippen molar-refractivity contribution in [2.75, 3.05) is 7.11 Å². The van der Waals surface area contributed by atoms with Crippen LogP contribution in [0.3, 0.4) is 0 Å². The van der Waals surface area contributed by atoms with E-state index in [2.05, 4.69) is 42.1 Å². The molecule has 0 N–H and O–H groups in total. The molecular weight excluding hydrogens is 507 g/mol. The summed E-state index contributed by atoms with van der Waals surface area (Å²) < 4.78 is 10.4. The Kier molecular flexibility index (Phi) is 5.81. The molecule has 0 atom stereocenters. The molecule has 26 heavy (non-hydrogen) atoms. The highest BCUT2D eigenvalue weighted by atomic mass is 79.9. The molecule has 0 amide bonds. The van der Waals surface area contributed by atoms with Gasteiger partial charge in [-0.15, -0.1) is 0 Å². The Balaban J connectivity index is 0.000000152. The summed E-state index contributed by atoms with van der Waals surface area (Å²) in [5.74, 6) is 0.673. The number of methoxy groups -OCH3 is 1. The van der Waals surface area contributed by atoms with E-state index in [1.54, 1.807) is 16.5 Å². The molecule has 4 aromatic rings. The lowest BCUT2D eigenvalue weighted by molar-refractivity contribution is 0.377. The molecule has 0 fully saturated rings. The number of aromatic nitrogens is 4. The van der Waals surface area contributed by atoms with E-state index in [0.29, 0.717) is 10.9 Å². The summed E-state index contributed by atoms with van der Waals surface area (Å²) in [5.41, 5.74) is 1.75. The molecule has 9 heteroatoms. The summed E-state index contributed by atoms with van der Waals surface area (Å²) in [6, 6.07) is 7.61. The zero-order valence-electron chi connectivity index (χ0n) is 14.1. The van der Waals surface area contributed by atoms with E-state index in [1.165, 1.54) is 0 Å². The van der Waals surface area contributed by atoms with Gasteiger partial charge in [0.2, 0.25) is 5.88 Å². The van der Waals surface area contributed by atoms with Gasteiger partial charge in [0, 0.05) is 34.6 Å². The van der Waals surface area contributed by atoms with Crippen LogP contribution in [0.15, 0.2) is 39.4 Å². The van der Waals surface area contributed by atoms with Gasteiger partial charge in [-0.25, -0.2) is 4.68 Å². The number of nitrogens with zero attached hydrogens (tertiary/aromatic N) is 4. The first kappa shape index (κ1) is 19.5. The SMILES string of the molecule is COc1c2c(Cl)c(Br)ccc2nn1C.Cn1cc2c(Cl)c(Br)ccc2n1. The van der Waals surface area contributed by atoms with Crippen molar-refractivity contribution in [1.82, 2.24) is 19.6 Å². The lowest BCUT2D eigenvalue weighted by atomic mass is 10.2. The second-order valence-electron chi connectivity index (χ2n) is 5.49. The van der Waals surface area contributed by atoms with Crippen LogP contribution < -0.4 is 4.74 Å². The Morgan fingerprint density at radius 2 is 1.54 bits per heavy atom. The van der Waals surface area contributed by atoms with Crippen LogP contribution in [0.5, 0.6) is 5.88 Å². The van der Waals surface area contributed by atoms with E-state index < -0.39 is 0 Å². The van der Waals surface area contributed by atoms with Gasteiger partial charge in [-0.05, 0) is 56.1 Å². The third-order valence-corrected chi connectivity index (χ3v) is 6.30. The van der Waals surface area contributed by atoms with E-state index >= 15 is 0 Å². The fraction of sp³-hybridized carbons (Fsp3) is 0.176. The van der Waals surface area contributed by atoms with Crippen molar-refractivity contribution < 1.29 is 4.74 Å². The standard InChI is InChI=1S/C9H8BrClN2O.C8H6BrClN2/c1-13-9(14-2)7-6(12-13)4-3-5(10)8(7)11;1-12-4-5-7(11-12)3-2-6(9)8(5)10/h3-4H,1-2H3;2-4H,1H3. The van der Waals surface area contributed by atoms with E-state index in [1.807, 2.05) is 44.6 Å². The highest BCUT2D eigenvalue weighted by Crippen LogP contribution is 2.36. The third-order valence-electron chi connectivity index (χ3n) is 3.72. The number of ether oxygens (including phenoxy) is 1. The largest absolute Gasteiger partial charge is 0.481 e. The Labute approximate surface area is 177 Å². The van der Waals surface area contributed by atoms with Crippen LogP contribution in [-0.2, 0) is 14.1 Å². The van der Waals surface area contributed by atoms with Gasteiger partial charge in [0.15, 0.2) is 0 Å². The Bertz CT molecular complexity index is 1110.